The summed E-state index contributed by atoms with van der Waals surface area (Å²) in [6.45, 7) is 10.5. The Hall–Kier alpha value is -2.30. The number of nitrogens with two attached hydrogens (primary N) is 1. The molecule has 3 N–H and O–H groups in total. The predicted octanol–water partition coefficient (Wildman–Crippen LogP) is 3.16. The average molecular weight is 315 g/mol. The van der Waals surface area contributed by atoms with Gasteiger partial charge in [0, 0.05) is 23.7 Å². The molecule has 0 amide bonds. The first-order valence-corrected chi connectivity index (χ1v) is 7.79. The number of benzene rings is 1. The van der Waals surface area contributed by atoms with E-state index in [-0.39, 0.29) is 11.2 Å². The summed E-state index contributed by atoms with van der Waals surface area (Å²) in [5.74, 6) is 1.15. The molecule has 2 rings (SSSR count). The van der Waals surface area contributed by atoms with Crippen molar-refractivity contribution in [1.29, 1.82) is 0 Å². The van der Waals surface area contributed by atoms with Crippen LogP contribution in [0, 0.1) is 5.41 Å². The molecule has 0 spiro atoms. The van der Waals surface area contributed by atoms with Gasteiger partial charge in [0.25, 0.3) is 0 Å². The summed E-state index contributed by atoms with van der Waals surface area (Å²) in [7, 11) is 1.67. The molecular weight excluding hydrogens is 290 g/mol. The zero-order valence-electron chi connectivity index (χ0n) is 14.3. The van der Waals surface area contributed by atoms with E-state index in [9.17, 15) is 5.11 Å². The van der Waals surface area contributed by atoms with E-state index in [4.69, 9.17) is 10.5 Å². The Bertz CT molecular complexity index is 688. The van der Waals surface area contributed by atoms with E-state index in [0.717, 1.165) is 23.1 Å². The Labute approximate surface area is 137 Å². The van der Waals surface area contributed by atoms with Crippen LogP contribution >= 0.6 is 0 Å². The van der Waals surface area contributed by atoms with Gasteiger partial charge in [0.05, 0.1) is 12.3 Å². The van der Waals surface area contributed by atoms with Crippen molar-refractivity contribution >= 4 is 18.3 Å². The summed E-state index contributed by atoms with van der Waals surface area (Å²) in [6, 6.07) is 3.47. The molecule has 1 aliphatic carbocycles. The van der Waals surface area contributed by atoms with Crippen LogP contribution in [0.1, 0.15) is 38.3 Å². The zero-order valence-corrected chi connectivity index (χ0v) is 14.3. The van der Waals surface area contributed by atoms with Gasteiger partial charge in [0.1, 0.15) is 5.84 Å². The molecule has 0 aliphatic heterocycles. The molecule has 0 atom stereocenters. The van der Waals surface area contributed by atoms with E-state index in [2.05, 4.69) is 30.5 Å². The van der Waals surface area contributed by atoms with E-state index < -0.39 is 0 Å². The van der Waals surface area contributed by atoms with Gasteiger partial charge in [-0.3, -0.25) is 9.98 Å². The molecule has 0 saturated carbocycles. The number of rotatable bonds is 5. The summed E-state index contributed by atoms with van der Waals surface area (Å²) in [5.41, 5.74) is 9.26. The number of aliphatic imine (C=N–C) groups is 2. The number of aromatic hydroxyl groups is 1. The molecule has 5 heteroatoms. The second-order valence-corrected chi connectivity index (χ2v) is 6.34. The second kappa shape index (κ2) is 6.44. The Morgan fingerprint density at radius 2 is 2.13 bits per heavy atom. The van der Waals surface area contributed by atoms with Crippen molar-refractivity contribution in [3.8, 4) is 11.5 Å². The van der Waals surface area contributed by atoms with Gasteiger partial charge in [-0.2, -0.15) is 0 Å². The predicted molar refractivity (Wildman–Crippen MR) is 95.4 cm³/mol. The maximum absolute atomic E-state index is 10.2. The number of hydrogen-bond donors (Lipinski definition) is 2. The van der Waals surface area contributed by atoms with Gasteiger partial charge < -0.3 is 15.6 Å². The van der Waals surface area contributed by atoms with Crippen molar-refractivity contribution in [3.05, 3.63) is 28.8 Å². The van der Waals surface area contributed by atoms with Crippen LogP contribution in [0.4, 0.5) is 0 Å². The lowest BCUT2D eigenvalue weighted by molar-refractivity contribution is 0.292. The number of phenols is 1. The summed E-state index contributed by atoms with van der Waals surface area (Å²) in [6.07, 6.45) is 1.55. The summed E-state index contributed by atoms with van der Waals surface area (Å²) < 4.78 is 5.80. The van der Waals surface area contributed by atoms with Crippen LogP contribution in [-0.2, 0) is 6.42 Å². The molecule has 1 aromatic rings. The Kier molecular flexibility index (Phi) is 4.78. The first kappa shape index (κ1) is 17.1. The van der Waals surface area contributed by atoms with Crippen LogP contribution in [0.3, 0.4) is 0 Å². The fraction of sp³-hybridized carbons (Fsp3) is 0.444. The first-order chi connectivity index (χ1) is 10.9. The van der Waals surface area contributed by atoms with E-state index in [1.54, 1.807) is 13.1 Å². The van der Waals surface area contributed by atoms with Crippen LogP contribution in [0.2, 0.25) is 0 Å². The maximum Gasteiger partial charge on any atom is 0.164 e. The molecule has 1 aliphatic rings. The minimum atomic E-state index is -0.286. The minimum Gasteiger partial charge on any atom is -0.504 e. The third-order valence-electron chi connectivity index (χ3n) is 4.13. The van der Waals surface area contributed by atoms with Crippen LogP contribution < -0.4 is 10.5 Å². The third kappa shape index (κ3) is 2.96. The fourth-order valence-electron chi connectivity index (χ4n) is 3.11. The van der Waals surface area contributed by atoms with Gasteiger partial charge >= 0.3 is 0 Å². The maximum atomic E-state index is 10.2. The Balaban J connectivity index is 2.75. The van der Waals surface area contributed by atoms with Crippen molar-refractivity contribution in [1.82, 2.24) is 0 Å². The van der Waals surface area contributed by atoms with Crippen LogP contribution in [-0.4, -0.2) is 31.3 Å². The number of amidine groups is 1. The zero-order chi connectivity index (χ0) is 17.2. The standard InChI is InChI=1S/C18H25N3O2/c1-6-9-23-16-12-10-18(2,3)14(17(19)21-5)15(20-4)11(12)7-8-13(16)22/h7-8,22H,4,6,9-10H2,1-3,5H3,(H2,19,21). The van der Waals surface area contributed by atoms with Crippen LogP contribution in [0.15, 0.2) is 27.7 Å². The highest BCUT2D eigenvalue weighted by atomic mass is 16.5. The second-order valence-electron chi connectivity index (χ2n) is 6.34. The smallest absolute Gasteiger partial charge is 0.164 e. The minimum absolute atomic E-state index is 0.150. The van der Waals surface area contributed by atoms with Gasteiger partial charge in [-0.15, -0.1) is 0 Å². The van der Waals surface area contributed by atoms with Gasteiger partial charge in [-0.05, 0) is 37.1 Å². The van der Waals surface area contributed by atoms with Gasteiger partial charge in [0.2, 0.25) is 0 Å². The molecule has 0 aromatic heterocycles. The summed E-state index contributed by atoms with van der Waals surface area (Å²) in [4.78, 5) is 8.35. The lowest BCUT2D eigenvalue weighted by Gasteiger charge is -2.35. The van der Waals surface area contributed by atoms with Gasteiger partial charge in [-0.25, -0.2) is 0 Å². The molecule has 0 saturated heterocycles. The van der Waals surface area contributed by atoms with Gasteiger partial charge in [-0.1, -0.05) is 20.8 Å². The first-order valence-electron chi connectivity index (χ1n) is 7.79. The fourth-order valence-corrected chi connectivity index (χ4v) is 3.11. The quantitative estimate of drug-likeness (QED) is 0.647. The summed E-state index contributed by atoms with van der Waals surface area (Å²) in [5, 5.41) is 10.2. The monoisotopic (exact) mass is 315 g/mol. The average Bonchev–Trinajstić information content (AvgIpc) is 2.51. The Morgan fingerprint density at radius 3 is 2.70 bits per heavy atom. The molecule has 5 nitrogen and oxygen atoms in total. The molecule has 0 heterocycles. The molecular formula is C18H25N3O2. The van der Waals surface area contributed by atoms with Crippen molar-refractivity contribution < 1.29 is 9.84 Å². The number of phenolic OH excluding ortho intramolecular Hbond substituents is 1. The number of ether oxygens (including phenoxy) is 1. The van der Waals surface area contributed by atoms with Crippen molar-refractivity contribution in [2.24, 2.45) is 21.1 Å². The highest BCUT2D eigenvalue weighted by Gasteiger charge is 2.37. The number of hydrogen-bond acceptors (Lipinski definition) is 4. The highest BCUT2D eigenvalue weighted by molar-refractivity contribution is 6.06. The molecule has 124 valence electrons. The third-order valence-corrected chi connectivity index (χ3v) is 4.13. The van der Waals surface area contributed by atoms with Gasteiger partial charge in [0.15, 0.2) is 11.5 Å². The molecule has 0 bridgehead atoms. The molecule has 0 fully saturated rings. The van der Waals surface area contributed by atoms with E-state index in [0.29, 0.717) is 30.3 Å². The Morgan fingerprint density at radius 1 is 1.43 bits per heavy atom. The number of fused-ring (bicyclic) bond motifs is 1. The highest BCUT2D eigenvalue weighted by Crippen LogP contribution is 2.48. The molecule has 0 unspecified atom stereocenters. The normalized spacial score (nSPS) is 17.0. The lowest BCUT2D eigenvalue weighted by Crippen LogP contribution is -2.33. The molecule has 0 radical (unpaired) electrons. The van der Waals surface area contributed by atoms with E-state index in [1.807, 2.05) is 13.0 Å². The summed E-state index contributed by atoms with van der Waals surface area (Å²) >= 11 is 0. The van der Waals surface area contributed by atoms with Crippen LogP contribution in [0.5, 0.6) is 11.5 Å². The SMILES string of the molecule is C=NC1=C(C(N)=NC)C(C)(C)Cc2c1ccc(O)c2OCCC. The van der Waals surface area contributed by atoms with Crippen molar-refractivity contribution in [2.75, 3.05) is 13.7 Å². The van der Waals surface area contributed by atoms with E-state index >= 15 is 0 Å². The number of nitrogens with zero attached hydrogens (tertiary/aromatic N) is 2. The van der Waals surface area contributed by atoms with Crippen molar-refractivity contribution in [2.45, 2.75) is 33.6 Å². The topological polar surface area (TPSA) is 80.2 Å². The largest absolute Gasteiger partial charge is 0.504 e. The molecule has 23 heavy (non-hydrogen) atoms. The lowest BCUT2D eigenvalue weighted by atomic mass is 9.71. The molecule has 1 aromatic carbocycles. The van der Waals surface area contributed by atoms with E-state index in [1.165, 1.54) is 0 Å². The van der Waals surface area contributed by atoms with Crippen molar-refractivity contribution in [3.63, 3.8) is 0 Å². The van der Waals surface area contributed by atoms with Crippen LogP contribution in [0.25, 0.3) is 5.70 Å².